The van der Waals surface area contributed by atoms with Gasteiger partial charge in [-0.25, -0.2) is 10.3 Å². The van der Waals surface area contributed by atoms with Gasteiger partial charge in [0.15, 0.2) is 0 Å². The van der Waals surface area contributed by atoms with E-state index < -0.39 is 11.6 Å². The van der Waals surface area contributed by atoms with Gasteiger partial charge in [-0.3, -0.25) is 23.9 Å². The molecular weight excluding hydrogens is 334 g/mol. The van der Waals surface area contributed by atoms with Crippen molar-refractivity contribution < 1.29 is 10.0 Å². The molecular formula is C19H19N3O4. The topological polar surface area (TPSA) is 93.3 Å². The third-order valence-electron chi connectivity index (χ3n) is 4.29. The number of nitrogens with zero attached hydrogens (tertiary/aromatic N) is 2. The molecule has 2 aromatic carbocycles. The highest BCUT2D eigenvalue weighted by Crippen LogP contribution is 2.08. The van der Waals surface area contributed by atoms with E-state index in [0.29, 0.717) is 17.3 Å². The molecule has 7 heteroatoms. The third kappa shape index (κ3) is 3.57. The van der Waals surface area contributed by atoms with E-state index in [1.165, 1.54) is 9.13 Å². The molecule has 0 unspecified atom stereocenters. The zero-order valence-corrected chi connectivity index (χ0v) is 14.1. The van der Waals surface area contributed by atoms with E-state index in [-0.39, 0.29) is 25.1 Å². The van der Waals surface area contributed by atoms with Crippen LogP contribution in [0.25, 0.3) is 10.9 Å². The van der Waals surface area contributed by atoms with Gasteiger partial charge in [-0.05, 0) is 24.1 Å². The first kappa shape index (κ1) is 17.6. The van der Waals surface area contributed by atoms with Gasteiger partial charge in [0.1, 0.15) is 0 Å². The number of carbonyl (C=O) groups is 1. The standard InChI is InChI=1S/C19H19N3O4/c23-17(20-26)11-13-21-16-9-5-4-8-15(16)18(24)22(19(21)25)12-10-14-6-2-1-3-7-14/h1-9,26H,10-13H2,(H,20,23). The fourth-order valence-electron chi connectivity index (χ4n) is 2.94. The average molecular weight is 353 g/mol. The summed E-state index contributed by atoms with van der Waals surface area (Å²) in [4.78, 5) is 37.0. The number of benzene rings is 2. The predicted molar refractivity (Wildman–Crippen MR) is 97.2 cm³/mol. The normalized spacial score (nSPS) is 10.8. The Morgan fingerprint density at radius 2 is 1.62 bits per heavy atom. The monoisotopic (exact) mass is 353 g/mol. The number of carbonyl (C=O) groups excluding carboxylic acids is 1. The van der Waals surface area contributed by atoms with Gasteiger partial charge in [0.05, 0.1) is 10.9 Å². The maximum Gasteiger partial charge on any atom is 0.331 e. The molecule has 0 aliphatic heterocycles. The highest BCUT2D eigenvalue weighted by Gasteiger charge is 2.13. The summed E-state index contributed by atoms with van der Waals surface area (Å²) in [6, 6.07) is 16.4. The summed E-state index contributed by atoms with van der Waals surface area (Å²) in [5.74, 6) is -0.594. The number of para-hydroxylation sites is 1. The van der Waals surface area contributed by atoms with Crippen molar-refractivity contribution in [2.75, 3.05) is 0 Å². The van der Waals surface area contributed by atoms with Crippen molar-refractivity contribution in [2.45, 2.75) is 25.9 Å². The fourth-order valence-corrected chi connectivity index (χ4v) is 2.94. The van der Waals surface area contributed by atoms with Crippen molar-refractivity contribution >= 4 is 16.8 Å². The minimum Gasteiger partial charge on any atom is -0.293 e. The van der Waals surface area contributed by atoms with Gasteiger partial charge in [-0.2, -0.15) is 0 Å². The highest BCUT2D eigenvalue weighted by atomic mass is 16.5. The van der Waals surface area contributed by atoms with Gasteiger partial charge in [-0.15, -0.1) is 0 Å². The number of fused-ring (bicyclic) bond motifs is 1. The molecule has 0 aliphatic carbocycles. The molecule has 0 aliphatic rings. The van der Waals surface area contributed by atoms with E-state index >= 15 is 0 Å². The fraction of sp³-hybridized carbons (Fsp3) is 0.211. The van der Waals surface area contributed by atoms with Gasteiger partial charge in [0.2, 0.25) is 5.91 Å². The molecule has 0 saturated carbocycles. The first-order chi connectivity index (χ1) is 12.6. The maximum atomic E-state index is 12.9. The summed E-state index contributed by atoms with van der Waals surface area (Å²) in [6.07, 6.45) is 0.475. The Hall–Kier alpha value is -3.19. The molecule has 2 N–H and O–H groups in total. The van der Waals surface area contributed by atoms with E-state index in [2.05, 4.69) is 0 Å². The molecule has 3 rings (SSSR count). The SMILES string of the molecule is O=C(CCn1c(=O)n(CCc2ccccc2)c(=O)c2ccccc21)NO. The Bertz CT molecular complexity index is 1040. The van der Waals surface area contributed by atoms with E-state index in [1.54, 1.807) is 29.7 Å². The molecule has 1 aromatic heterocycles. The first-order valence-electron chi connectivity index (χ1n) is 8.31. The average Bonchev–Trinajstić information content (AvgIpc) is 2.68. The van der Waals surface area contributed by atoms with Gasteiger partial charge < -0.3 is 0 Å². The zero-order valence-electron chi connectivity index (χ0n) is 14.1. The Kier molecular flexibility index (Phi) is 5.28. The Balaban J connectivity index is 2.03. The molecule has 3 aromatic rings. The van der Waals surface area contributed by atoms with Crippen LogP contribution in [0.5, 0.6) is 0 Å². The van der Waals surface area contributed by atoms with E-state index in [4.69, 9.17) is 5.21 Å². The number of hydrogen-bond acceptors (Lipinski definition) is 4. The number of rotatable bonds is 6. The molecule has 0 radical (unpaired) electrons. The van der Waals surface area contributed by atoms with Crippen LogP contribution in [0.3, 0.4) is 0 Å². The lowest BCUT2D eigenvalue weighted by Crippen LogP contribution is -2.41. The van der Waals surface area contributed by atoms with Crippen molar-refractivity contribution in [2.24, 2.45) is 0 Å². The second-order valence-corrected chi connectivity index (χ2v) is 5.93. The molecule has 0 fully saturated rings. The van der Waals surface area contributed by atoms with Crippen molar-refractivity contribution in [3.63, 3.8) is 0 Å². The lowest BCUT2D eigenvalue weighted by atomic mass is 10.1. The van der Waals surface area contributed by atoms with Gasteiger partial charge in [0.25, 0.3) is 5.56 Å². The van der Waals surface area contributed by atoms with Crippen LogP contribution in [0.1, 0.15) is 12.0 Å². The van der Waals surface area contributed by atoms with Crippen LogP contribution >= 0.6 is 0 Å². The number of hydrogen-bond donors (Lipinski definition) is 2. The van der Waals surface area contributed by atoms with Crippen molar-refractivity contribution in [1.82, 2.24) is 14.6 Å². The van der Waals surface area contributed by atoms with Crippen LogP contribution in [-0.4, -0.2) is 20.2 Å². The number of nitrogens with one attached hydrogen (secondary N) is 1. The van der Waals surface area contributed by atoms with E-state index in [1.807, 2.05) is 30.3 Å². The Morgan fingerprint density at radius 1 is 0.923 bits per heavy atom. The second kappa shape index (κ2) is 7.79. The summed E-state index contributed by atoms with van der Waals surface area (Å²) in [5, 5.41) is 9.08. The smallest absolute Gasteiger partial charge is 0.293 e. The third-order valence-corrected chi connectivity index (χ3v) is 4.29. The van der Waals surface area contributed by atoms with Gasteiger partial charge >= 0.3 is 5.69 Å². The van der Waals surface area contributed by atoms with Crippen LogP contribution in [0.2, 0.25) is 0 Å². The number of aromatic nitrogens is 2. The van der Waals surface area contributed by atoms with Crippen LogP contribution < -0.4 is 16.7 Å². The minimum atomic E-state index is -0.594. The predicted octanol–water partition coefficient (Wildman–Crippen LogP) is 1.30. The number of aryl methyl sites for hydroxylation is 2. The molecule has 26 heavy (non-hydrogen) atoms. The van der Waals surface area contributed by atoms with Crippen molar-refractivity contribution in [1.29, 1.82) is 0 Å². The summed E-state index contributed by atoms with van der Waals surface area (Å²) in [6.45, 7) is 0.316. The molecule has 1 amide bonds. The zero-order chi connectivity index (χ0) is 18.5. The molecule has 0 atom stereocenters. The maximum absolute atomic E-state index is 12.9. The van der Waals surface area contributed by atoms with Crippen LogP contribution in [0.15, 0.2) is 64.2 Å². The van der Waals surface area contributed by atoms with Gasteiger partial charge in [-0.1, -0.05) is 42.5 Å². The van der Waals surface area contributed by atoms with E-state index in [9.17, 15) is 14.4 Å². The molecule has 0 saturated heterocycles. The Labute approximate surface area is 149 Å². The van der Waals surface area contributed by atoms with Crippen molar-refractivity contribution in [3.8, 4) is 0 Å². The highest BCUT2D eigenvalue weighted by molar-refractivity contribution is 5.78. The molecule has 7 nitrogen and oxygen atoms in total. The van der Waals surface area contributed by atoms with E-state index in [0.717, 1.165) is 5.56 Å². The lowest BCUT2D eigenvalue weighted by Gasteiger charge is -2.13. The Morgan fingerprint density at radius 3 is 2.35 bits per heavy atom. The van der Waals surface area contributed by atoms with Gasteiger partial charge in [0, 0.05) is 19.5 Å². The number of hydroxylamine groups is 1. The molecule has 0 spiro atoms. The summed E-state index contributed by atoms with van der Waals surface area (Å²) < 4.78 is 2.60. The summed E-state index contributed by atoms with van der Waals surface area (Å²) in [7, 11) is 0. The summed E-state index contributed by atoms with van der Waals surface area (Å²) >= 11 is 0. The van der Waals surface area contributed by atoms with Crippen LogP contribution in [0.4, 0.5) is 0 Å². The quantitative estimate of drug-likeness (QED) is 0.516. The van der Waals surface area contributed by atoms with Crippen molar-refractivity contribution in [3.05, 3.63) is 81.0 Å². The minimum absolute atomic E-state index is 0.0668. The molecule has 0 bridgehead atoms. The van der Waals surface area contributed by atoms with Crippen LogP contribution in [0, 0.1) is 0 Å². The molecule has 1 heterocycles. The largest absolute Gasteiger partial charge is 0.331 e. The molecule has 134 valence electrons. The second-order valence-electron chi connectivity index (χ2n) is 5.93. The lowest BCUT2D eigenvalue weighted by molar-refractivity contribution is -0.129. The number of amides is 1. The van der Waals surface area contributed by atoms with Crippen LogP contribution in [-0.2, 0) is 24.3 Å². The first-order valence-corrected chi connectivity index (χ1v) is 8.31. The summed E-state index contributed by atoms with van der Waals surface area (Å²) in [5.41, 5.74) is 2.25.